The monoisotopic (exact) mass is 429 g/mol. The second kappa shape index (κ2) is 11.0. The number of methoxy groups -OCH3 is 2. The van der Waals surface area contributed by atoms with Crippen LogP contribution in [-0.4, -0.2) is 53.5 Å². The molecule has 0 aliphatic carbocycles. The molecular formula is C24H32FN3O3. The van der Waals surface area contributed by atoms with E-state index in [1.165, 1.54) is 12.1 Å². The SMILES string of the molecule is CN=C(NCCc1ccc(OC)c(OC)c1)NCC1(c2ccc(F)cc2)CCOCC1. The molecule has 2 N–H and O–H groups in total. The molecular weight excluding hydrogens is 397 g/mol. The molecule has 7 heteroatoms. The van der Waals surface area contributed by atoms with E-state index in [0.717, 1.165) is 54.4 Å². The molecule has 1 fully saturated rings. The van der Waals surface area contributed by atoms with Crippen molar-refractivity contribution >= 4 is 5.96 Å². The van der Waals surface area contributed by atoms with Crippen molar-refractivity contribution in [3.8, 4) is 11.5 Å². The van der Waals surface area contributed by atoms with E-state index in [4.69, 9.17) is 14.2 Å². The van der Waals surface area contributed by atoms with Gasteiger partial charge in [0, 0.05) is 38.8 Å². The lowest BCUT2D eigenvalue weighted by Gasteiger charge is -2.38. The van der Waals surface area contributed by atoms with E-state index in [0.29, 0.717) is 19.8 Å². The van der Waals surface area contributed by atoms with Crippen LogP contribution in [0.15, 0.2) is 47.5 Å². The number of hydrogen-bond acceptors (Lipinski definition) is 4. The second-order valence-corrected chi connectivity index (χ2v) is 7.69. The van der Waals surface area contributed by atoms with Gasteiger partial charge in [-0.3, -0.25) is 4.99 Å². The molecule has 0 radical (unpaired) electrons. The first-order chi connectivity index (χ1) is 15.1. The number of hydrogen-bond donors (Lipinski definition) is 2. The van der Waals surface area contributed by atoms with Crippen LogP contribution in [0, 0.1) is 5.82 Å². The van der Waals surface area contributed by atoms with Gasteiger partial charge in [0.05, 0.1) is 14.2 Å². The third-order valence-corrected chi connectivity index (χ3v) is 5.88. The number of nitrogens with one attached hydrogen (secondary N) is 2. The van der Waals surface area contributed by atoms with Crippen LogP contribution in [-0.2, 0) is 16.6 Å². The van der Waals surface area contributed by atoms with Gasteiger partial charge in [-0.1, -0.05) is 18.2 Å². The average molecular weight is 430 g/mol. The maximum absolute atomic E-state index is 13.4. The third kappa shape index (κ3) is 5.88. The predicted molar refractivity (Wildman–Crippen MR) is 121 cm³/mol. The normalized spacial score (nSPS) is 15.9. The summed E-state index contributed by atoms with van der Waals surface area (Å²) in [4.78, 5) is 4.36. The fourth-order valence-electron chi connectivity index (χ4n) is 3.97. The summed E-state index contributed by atoms with van der Waals surface area (Å²) in [6.07, 6.45) is 2.58. The maximum Gasteiger partial charge on any atom is 0.191 e. The molecule has 6 nitrogen and oxygen atoms in total. The quantitative estimate of drug-likeness (QED) is 0.498. The first kappa shape index (κ1) is 22.9. The zero-order chi connectivity index (χ0) is 22.1. The highest BCUT2D eigenvalue weighted by Crippen LogP contribution is 2.34. The maximum atomic E-state index is 13.4. The minimum Gasteiger partial charge on any atom is -0.493 e. The molecule has 1 heterocycles. The smallest absolute Gasteiger partial charge is 0.191 e. The molecule has 168 valence electrons. The number of aliphatic imine (C=N–C) groups is 1. The molecule has 0 atom stereocenters. The third-order valence-electron chi connectivity index (χ3n) is 5.88. The fourth-order valence-corrected chi connectivity index (χ4v) is 3.97. The van der Waals surface area contributed by atoms with Gasteiger partial charge in [-0.25, -0.2) is 4.39 Å². The largest absolute Gasteiger partial charge is 0.493 e. The van der Waals surface area contributed by atoms with E-state index in [1.54, 1.807) is 21.3 Å². The molecule has 2 aromatic carbocycles. The number of nitrogens with zero attached hydrogens (tertiary/aromatic N) is 1. The molecule has 0 saturated carbocycles. The van der Waals surface area contributed by atoms with Crippen LogP contribution in [0.1, 0.15) is 24.0 Å². The minimum atomic E-state index is -0.216. The lowest BCUT2D eigenvalue weighted by atomic mass is 9.74. The number of ether oxygens (including phenoxy) is 3. The van der Waals surface area contributed by atoms with Gasteiger partial charge in [0.15, 0.2) is 17.5 Å². The van der Waals surface area contributed by atoms with Crippen LogP contribution in [0.25, 0.3) is 0 Å². The van der Waals surface area contributed by atoms with E-state index in [2.05, 4.69) is 15.6 Å². The van der Waals surface area contributed by atoms with E-state index < -0.39 is 0 Å². The van der Waals surface area contributed by atoms with Crippen molar-refractivity contribution in [1.29, 1.82) is 0 Å². The van der Waals surface area contributed by atoms with Crippen LogP contribution in [0.3, 0.4) is 0 Å². The molecule has 0 amide bonds. The number of rotatable bonds is 8. The molecule has 0 aromatic heterocycles. The van der Waals surface area contributed by atoms with Gasteiger partial charge in [0.1, 0.15) is 5.82 Å². The van der Waals surface area contributed by atoms with E-state index >= 15 is 0 Å². The van der Waals surface area contributed by atoms with Crippen molar-refractivity contribution in [2.24, 2.45) is 4.99 Å². The molecule has 1 aliphatic heterocycles. The van der Waals surface area contributed by atoms with Gasteiger partial charge in [-0.15, -0.1) is 0 Å². The zero-order valence-corrected chi connectivity index (χ0v) is 18.5. The summed E-state index contributed by atoms with van der Waals surface area (Å²) in [7, 11) is 5.03. The Morgan fingerprint density at radius 3 is 2.39 bits per heavy atom. The molecule has 0 bridgehead atoms. The Kier molecular flexibility index (Phi) is 8.12. The second-order valence-electron chi connectivity index (χ2n) is 7.69. The summed E-state index contributed by atoms with van der Waals surface area (Å²) in [6.45, 7) is 2.83. The summed E-state index contributed by atoms with van der Waals surface area (Å²) < 4.78 is 29.7. The van der Waals surface area contributed by atoms with E-state index in [1.807, 2.05) is 30.3 Å². The van der Waals surface area contributed by atoms with Crippen molar-refractivity contribution in [2.75, 3.05) is 47.6 Å². The zero-order valence-electron chi connectivity index (χ0n) is 18.5. The predicted octanol–water partition coefficient (Wildman–Crippen LogP) is 3.30. The van der Waals surface area contributed by atoms with Crippen LogP contribution in [0.2, 0.25) is 0 Å². The lowest BCUT2D eigenvalue weighted by molar-refractivity contribution is 0.0513. The molecule has 0 spiro atoms. The van der Waals surface area contributed by atoms with E-state index in [-0.39, 0.29) is 11.2 Å². The van der Waals surface area contributed by atoms with Crippen molar-refractivity contribution in [3.63, 3.8) is 0 Å². The molecule has 0 unspecified atom stereocenters. The Morgan fingerprint density at radius 2 is 1.74 bits per heavy atom. The van der Waals surface area contributed by atoms with Crippen LogP contribution < -0.4 is 20.1 Å². The standard InChI is InChI=1S/C24H32FN3O3/c1-26-23(27-13-10-18-4-9-21(29-2)22(16-18)30-3)28-17-24(11-14-31-15-12-24)19-5-7-20(25)8-6-19/h4-9,16H,10-15,17H2,1-3H3,(H2,26,27,28). The first-order valence-corrected chi connectivity index (χ1v) is 10.6. The number of halogens is 1. The highest BCUT2D eigenvalue weighted by atomic mass is 19.1. The Balaban J connectivity index is 1.58. The van der Waals surface area contributed by atoms with Crippen LogP contribution in [0.5, 0.6) is 11.5 Å². The average Bonchev–Trinajstić information content (AvgIpc) is 2.82. The van der Waals surface area contributed by atoms with E-state index in [9.17, 15) is 4.39 Å². The lowest BCUT2D eigenvalue weighted by Crippen LogP contribution is -2.48. The van der Waals surface area contributed by atoms with Crippen molar-refractivity contribution in [2.45, 2.75) is 24.7 Å². The molecule has 3 rings (SSSR count). The van der Waals surface area contributed by atoms with Gasteiger partial charge in [0.25, 0.3) is 0 Å². The van der Waals surface area contributed by atoms with Gasteiger partial charge in [-0.2, -0.15) is 0 Å². The van der Waals surface area contributed by atoms with Gasteiger partial charge >= 0.3 is 0 Å². The minimum absolute atomic E-state index is 0.104. The first-order valence-electron chi connectivity index (χ1n) is 10.6. The summed E-state index contributed by atoms with van der Waals surface area (Å²) in [5.74, 6) is 1.97. The van der Waals surface area contributed by atoms with Gasteiger partial charge in [0.2, 0.25) is 0 Å². The molecule has 1 aliphatic rings. The highest BCUT2D eigenvalue weighted by Gasteiger charge is 2.34. The summed E-state index contributed by atoms with van der Waals surface area (Å²) in [5, 5.41) is 6.84. The topological polar surface area (TPSA) is 64.1 Å². The Labute approximate surface area is 183 Å². The summed E-state index contributed by atoms with van der Waals surface area (Å²) in [6, 6.07) is 12.8. The molecule has 31 heavy (non-hydrogen) atoms. The number of benzene rings is 2. The van der Waals surface area contributed by atoms with Gasteiger partial charge in [-0.05, 0) is 54.7 Å². The highest BCUT2D eigenvalue weighted by molar-refractivity contribution is 5.79. The number of guanidine groups is 1. The van der Waals surface area contributed by atoms with Crippen LogP contribution >= 0.6 is 0 Å². The molecule has 2 aromatic rings. The van der Waals surface area contributed by atoms with Crippen molar-refractivity contribution in [3.05, 3.63) is 59.4 Å². The summed E-state index contributed by atoms with van der Waals surface area (Å²) >= 11 is 0. The van der Waals surface area contributed by atoms with Crippen molar-refractivity contribution < 1.29 is 18.6 Å². The van der Waals surface area contributed by atoms with Gasteiger partial charge < -0.3 is 24.8 Å². The Morgan fingerprint density at radius 1 is 1.03 bits per heavy atom. The van der Waals surface area contributed by atoms with Crippen molar-refractivity contribution in [1.82, 2.24) is 10.6 Å². The fraction of sp³-hybridized carbons (Fsp3) is 0.458. The Hall–Kier alpha value is -2.80. The Bertz CT molecular complexity index is 865. The van der Waals surface area contributed by atoms with Crippen LogP contribution in [0.4, 0.5) is 4.39 Å². The summed E-state index contributed by atoms with van der Waals surface area (Å²) in [5.41, 5.74) is 2.17. The molecule has 1 saturated heterocycles.